The minimum Gasteiger partial charge on any atom is -0.388 e. The predicted octanol–water partition coefficient (Wildman–Crippen LogP) is -0.221. The average Bonchev–Trinajstić information content (AvgIpc) is 2.54. The van der Waals surface area contributed by atoms with Crippen molar-refractivity contribution in [1.29, 1.82) is 0 Å². The highest BCUT2D eigenvalue weighted by molar-refractivity contribution is 7.91. The van der Waals surface area contributed by atoms with Crippen LogP contribution in [-0.2, 0) is 19.3 Å². The Morgan fingerprint density at radius 2 is 1.79 bits per heavy atom. The van der Waals surface area contributed by atoms with Gasteiger partial charge in [0.15, 0.2) is 16.1 Å². The van der Waals surface area contributed by atoms with Crippen LogP contribution in [0.25, 0.3) is 0 Å². The maximum Gasteiger partial charge on any atom is 0.186 e. The van der Waals surface area contributed by atoms with Crippen molar-refractivity contribution in [2.75, 3.05) is 12.4 Å². The summed E-state index contributed by atoms with van der Waals surface area (Å²) in [6, 6.07) is 6.27. The van der Waals surface area contributed by atoms with Gasteiger partial charge in [-0.2, -0.15) is 0 Å². The van der Waals surface area contributed by atoms with E-state index >= 15 is 0 Å². The molecule has 0 radical (unpaired) electrons. The van der Waals surface area contributed by atoms with Crippen LogP contribution in [0.5, 0.6) is 0 Å². The summed E-state index contributed by atoms with van der Waals surface area (Å²) < 4.78 is 35.5. The Balaban J connectivity index is 2.16. The van der Waals surface area contributed by atoms with Crippen molar-refractivity contribution < 1.29 is 33.2 Å². The lowest BCUT2D eigenvalue weighted by Crippen LogP contribution is -2.59. The molecule has 2 rings (SSSR count). The zero-order valence-electron chi connectivity index (χ0n) is 13.3. The van der Waals surface area contributed by atoms with E-state index in [4.69, 9.17) is 9.47 Å². The lowest BCUT2D eigenvalue weighted by molar-refractivity contribution is -0.289. The second-order valence-corrected chi connectivity index (χ2v) is 7.77. The van der Waals surface area contributed by atoms with Gasteiger partial charge in [-0.3, -0.25) is 0 Å². The van der Waals surface area contributed by atoms with Crippen LogP contribution in [0.4, 0.5) is 0 Å². The van der Waals surface area contributed by atoms with Crippen LogP contribution in [-0.4, -0.2) is 66.8 Å². The fourth-order valence-corrected chi connectivity index (χ4v) is 3.86. The third-order valence-electron chi connectivity index (χ3n) is 3.81. The first-order chi connectivity index (χ1) is 11.3. The van der Waals surface area contributed by atoms with Gasteiger partial charge in [0.05, 0.1) is 17.3 Å². The molecule has 8 heteroatoms. The van der Waals surface area contributed by atoms with Crippen LogP contribution in [0, 0.1) is 6.92 Å². The topological polar surface area (TPSA) is 113 Å². The smallest absolute Gasteiger partial charge is 0.186 e. The third-order valence-corrected chi connectivity index (χ3v) is 5.57. The van der Waals surface area contributed by atoms with Gasteiger partial charge in [-0.15, -0.1) is 6.58 Å². The molecule has 24 heavy (non-hydrogen) atoms. The number of hydrogen-bond donors (Lipinski definition) is 3. The lowest BCUT2D eigenvalue weighted by Gasteiger charge is -2.40. The zero-order valence-corrected chi connectivity index (χ0v) is 14.1. The second kappa shape index (κ2) is 7.73. The summed E-state index contributed by atoms with van der Waals surface area (Å²) in [7, 11) is -3.75. The molecule has 0 amide bonds. The standard InChI is InChI=1S/C16H22O7S/c1-3-8-22-16-15(19)14(18)13(17)12(23-16)9-24(20,21)11-6-4-10(2)5-7-11/h3-7,12-19H,1,8-9H2,2H3/t12-,13-,14+,15+,16?/m1/s1. The second-order valence-electron chi connectivity index (χ2n) is 5.73. The van der Waals surface area contributed by atoms with Crippen LogP contribution in [0.15, 0.2) is 41.8 Å². The van der Waals surface area contributed by atoms with E-state index in [0.29, 0.717) is 0 Å². The third kappa shape index (κ3) is 4.21. The van der Waals surface area contributed by atoms with Gasteiger partial charge in [0.2, 0.25) is 0 Å². The molecule has 0 aromatic heterocycles. The van der Waals surface area contributed by atoms with Crippen LogP contribution in [0.3, 0.4) is 0 Å². The summed E-state index contributed by atoms with van der Waals surface area (Å²) in [6.45, 7) is 5.34. The lowest BCUT2D eigenvalue weighted by atomic mass is 10.00. The summed E-state index contributed by atoms with van der Waals surface area (Å²) in [6.07, 6.45) is -5.68. The number of rotatable bonds is 6. The van der Waals surface area contributed by atoms with Crippen LogP contribution in [0.2, 0.25) is 0 Å². The fraction of sp³-hybridized carbons (Fsp3) is 0.500. The Labute approximate surface area is 141 Å². The molecule has 1 aromatic rings. The van der Waals surface area contributed by atoms with Crippen molar-refractivity contribution >= 4 is 9.84 Å². The molecule has 1 aliphatic heterocycles. The van der Waals surface area contributed by atoms with Gasteiger partial charge in [-0.1, -0.05) is 23.8 Å². The first-order valence-electron chi connectivity index (χ1n) is 7.48. The molecule has 0 aliphatic carbocycles. The van der Waals surface area contributed by atoms with Crippen molar-refractivity contribution in [1.82, 2.24) is 0 Å². The molecule has 1 saturated heterocycles. The summed E-state index contributed by atoms with van der Waals surface area (Å²) in [5, 5.41) is 29.8. The molecule has 0 bridgehead atoms. The van der Waals surface area contributed by atoms with Crippen LogP contribution in [0.1, 0.15) is 5.56 Å². The average molecular weight is 358 g/mol. The van der Waals surface area contributed by atoms with Crippen LogP contribution >= 0.6 is 0 Å². The number of aryl methyl sites for hydroxylation is 1. The maximum absolute atomic E-state index is 12.5. The van der Waals surface area contributed by atoms with E-state index in [1.165, 1.54) is 18.2 Å². The van der Waals surface area contributed by atoms with E-state index < -0.39 is 46.3 Å². The van der Waals surface area contributed by atoms with Crippen molar-refractivity contribution in [3.05, 3.63) is 42.5 Å². The number of aliphatic hydroxyl groups excluding tert-OH is 3. The SMILES string of the molecule is C=CCOC1O[C@H](CS(=O)(=O)c2ccc(C)cc2)[C@@H](O)[C@H](O)[C@@H]1O. The van der Waals surface area contributed by atoms with E-state index in [0.717, 1.165) is 5.56 Å². The van der Waals surface area contributed by atoms with Gasteiger partial charge in [-0.25, -0.2) is 8.42 Å². The Morgan fingerprint density at radius 3 is 2.38 bits per heavy atom. The summed E-state index contributed by atoms with van der Waals surface area (Å²) >= 11 is 0. The molecule has 1 unspecified atom stereocenters. The molecule has 0 spiro atoms. The van der Waals surface area contributed by atoms with E-state index in [-0.39, 0.29) is 11.5 Å². The molecule has 5 atom stereocenters. The number of sulfone groups is 1. The Morgan fingerprint density at radius 1 is 1.17 bits per heavy atom. The zero-order chi connectivity index (χ0) is 17.9. The summed E-state index contributed by atoms with van der Waals surface area (Å²) in [5.74, 6) is -0.547. The highest BCUT2D eigenvalue weighted by Crippen LogP contribution is 2.25. The first-order valence-corrected chi connectivity index (χ1v) is 9.13. The van der Waals surface area contributed by atoms with Gasteiger partial charge >= 0.3 is 0 Å². The van der Waals surface area contributed by atoms with Crippen LogP contribution < -0.4 is 0 Å². The van der Waals surface area contributed by atoms with Crippen molar-refractivity contribution in [3.63, 3.8) is 0 Å². The minimum absolute atomic E-state index is 0.0436. The molecular formula is C16H22O7S. The fourth-order valence-electron chi connectivity index (χ4n) is 2.41. The Hall–Kier alpha value is -1.29. The van der Waals surface area contributed by atoms with Gasteiger partial charge in [0.25, 0.3) is 0 Å². The largest absolute Gasteiger partial charge is 0.388 e. The van der Waals surface area contributed by atoms with Gasteiger partial charge in [0.1, 0.15) is 24.4 Å². The summed E-state index contributed by atoms with van der Waals surface area (Å²) in [5.41, 5.74) is 0.916. The maximum atomic E-state index is 12.5. The molecule has 1 fully saturated rings. The van der Waals surface area contributed by atoms with E-state index in [1.54, 1.807) is 12.1 Å². The van der Waals surface area contributed by atoms with Gasteiger partial charge in [0, 0.05) is 0 Å². The van der Waals surface area contributed by atoms with Crippen molar-refractivity contribution in [2.45, 2.75) is 42.5 Å². The minimum atomic E-state index is -3.75. The number of aliphatic hydroxyl groups is 3. The first kappa shape index (κ1) is 19.0. The quantitative estimate of drug-likeness (QED) is 0.603. The molecule has 7 nitrogen and oxygen atoms in total. The number of ether oxygens (including phenoxy) is 2. The van der Waals surface area contributed by atoms with E-state index in [9.17, 15) is 23.7 Å². The Kier molecular flexibility index (Phi) is 6.13. The molecule has 1 aromatic carbocycles. The Bertz CT molecular complexity index is 656. The van der Waals surface area contributed by atoms with Gasteiger partial charge in [-0.05, 0) is 19.1 Å². The number of benzene rings is 1. The molecule has 1 aliphatic rings. The molecule has 1 heterocycles. The molecule has 0 saturated carbocycles. The highest BCUT2D eigenvalue weighted by Gasteiger charge is 2.45. The molecule has 134 valence electrons. The van der Waals surface area contributed by atoms with E-state index in [2.05, 4.69) is 6.58 Å². The van der Waals surface area contributed by atoms with E-state index in [1.807, 2.05) is 6.92 Å². The monoisotopic (exact) mass is 358 g/mol. The van der Waals surface area contributed by atoms with Crippen molar-refractivity contribution in [3.8, 4) is 0 Å². The highest BCUT2D eigenvalue weighted by atomic mass is 32.2. The number of hydrogen-bond acceptors (Lipinski definition) is 7. The van der Waals surface area contributed by atoms with Gasteiger partial charge < -0.3 is 24.8 Å². The summed E-state index contributed by atoms with van der Waals surface area (Å²) in [4.78, 5) is 0.0908. The predicted molar refractivity (Wildman–Crippen MR) is 86.1 cm³/mol. The molecule has 3 N–H and O–H groups in total. The van der Waals surface area contributed by atoms with Crippen molar-refractivity contribution in [2.24, 2.45) is 0 Å². The normalized spacial score (nSPS) is 30.9. The molecular weight excluding hydrogens is 336 g/mol.